The van der Waals surface area contributed by atoms with Crippen molar-refractivity contribution in [3.8, 4) is 0 Å². The number of aromatic nitrogens is 1. The molecule has 1 aromatic heterocycles. The quantitative estimate of drug-likeness (QED) is 0.710. The molecule has 1 fully saturated rings. The van der Waals surface area contributed by atoms with Crippen molar-refractivity contribution in [3.05, 3.63) is 18.3 Å². The lowest BCUT2D eigenvalue weighted by Gasteiger charge is -2.06. The van der Waals surface area contributed by atoms with Crippen LogP contribution in [0.3, 0.4) is 0 Å². The van der Waals surface area contributed by atoms with Gasteiger partial charge in [0.15, 0.2) is 0 Å². The Labute approximate surface area is 104 Å². The standard InChI is InChI=1S/C12H15N3O3/c16-11(5-6-12(17)18)15-9-3-4-10(13-7-9)14-8-1-2-8/h3-4,7-8H,1-2,5-6H2,(H,13,14)(H,15,16)(H,17,18). The summed E-state index contributed by atoms with van der Waals surface area (Å²) in [5.74, 6) is -0.504. The fourth-order valence-corrected chi connectivity index (χ4v) is 1.43. The van der Waals surface area contributed by atoms with Gasteiger partial charge in [-0.05, 0) is 25.0 Å². The summed E-state index contributed by atoms with van der Waals surface area (Å²) in [6.07, 6.45) is 3.71. The SMILES string of the molecule is O=C(O)CCC(=O)Nc1ccc(NC2CC2)nc1. The highest BCUT2D eigenvalue weighted by Gasteiger charge is 2.21. The number of pyridine rings is 1. The van der Waals surface area contributed by atoms with Crippen LogP contribution in [0.4, 0.5) is 11.5 Å². The van der Waals surface area contributed by atoms with Gasteiger partial charge in [-0.15, -0.1) is 0 Å². The number of carboxylic acid groups (broad SMARTS) is 1. The fraction of sp³-hybridized carbons (Fsp3) is 0.417. The van der Waals surface area contributed by atoms with Gasteiger partial charge in [-0.1, -0.05) is 0 Å². The van der Waals surface area contributed by atoms with Gasteiger partial charge in [0.1, 0.15) is 5.82 Å². The van der Waals surface area contributed by atoms with Crippen molar-refractivity contribution in [2.75, 3.05) is 10.6 Å². The predicted octanol–water partition coefficient (Wildman–Crippen LogP) is 1.46. The molecule has 0 atom stereocenters. The number of anilines is 2. The summed E-state index contributed by atoms with van der Waals surface area (Å²) in [6, 6.07) is 4.08. The summed E-state index contributed by atoms with van der Waals surface area (Å²) in [5.41, 5.74) is 0.576. The van der Waals surface area contributed by atoms with Crippen LogP contribution in [-0.4, -0.2) is 28.0 Å². The molecule has 96 valence electrons. The van der Waals surface area contributed by atoms with Gasteiger partial charge in [0.2, 0.25) is 5.91 Å². The van der Waals surface area contributed by atoms with Gasteiger partial charge in [-0.3, -0.25) is 9.59 Å². The minimum atomic E-state index is -0.979. The normalized spacial score (nSPS) is 14.0. The Hall–Kier alpha value is -2.11. The van der Waals surface area contributed by atoms with Gasteiger partial charge >= 0.3 is 5.97 Å². The first kappa shape index (κ1) is 12.3. The van der Waals surface area contributed by atoms with Crippen molar-refractivity contribution >= 4 is 23.4 Å². The molecule has 0 aliphatic heterocycles. The van der Waals surface area contributed by atoms with Gasteiger partial charge in [-0.2, -0.15) is 0 Å². The van der Waals surface area contributed by atoms with Crippen LogP contribution in [0.25, 0.3) is 0 Å². The average molecular weight is 249 g/mol. The second kappa shape index (κ2) is 5.48. The molecule has 0 bridgehead atoms. The maximum Gasteiger partial charge on any atom is 0.303 e. The third-order valence-electron chi connectivity index (χ3n) is 2.54. The third kappa shape index (κ3) is 4.04. The van der Waals surface area contributed by atoms with Gasteiger partial charge in [0, 0.05) is 12.5 Å². The van der Waals surface area contributed by atoms with Crippen molar-refractivity contribution in [2.24, 2.45) is 0 Å². The van der Waals surface area contributed by atoms with Crippen molar-refractivity contribution in [1.29, 1.82) is 0 Å². The molecule has 1 aliphatic carbocycles. The first-order valence-corrected chi connectivity index (χ1v) is 5.88. The number of nitrogens with one attached hydrogen (secondary N) is 2. The molecule has 6 nitrogen and oxygen atoms in total. The predicted molar refractivity (Wildman–Crippen MR) is 66.4 cm³/mol. The Morgan fingerprint density at radius 3 is 2.67 bits per heavy atom. The number of rotatable bonds is 6. The van der Waals surface area contributed by atoms with E-state index in [1.165, 1.54) is 12.8 Å². The van der Waals surface area contributed by atoms with Crippen LogP contribution < -0.4 is 10.6 Å². The van der Waals surface area contributed by atoms with E-state index >= 15 is 0 Å². The van der Waals surface area contributed by atoms with Gasteiger partial charge in [-0.25, -0.2) is 4.98 Å². The summed E-state index contributed by atoms with van der Waals surface area (Å²) < 4.78 is 0. The Kier molecular flexibility index (Phi) is 3.76. The molecule has 0 aromatic carbocycles. The molecule has 1 amide bonds. The van der Waals surface area contributed by atoms with Gasteiger partial charge in [0.25, 0.3) is 0 Å². The number of hydrogen-bond donors (Lipinski definition) is 3. The van der Waals surface area contributed by atoms with Crippen LogP contribution in [-0.2, 0) is 9.59 Å². The number of amides is 1. The maximum atomic E-state index is 11.4. The molecule has 1 aromatic rings. The van der Waals surface area contributed by atoms with E-state index in [9.17, 15) is 9.59 Å². The number of hydrogen-bond acceptors (Lipinski definition) is 4. The van der Waals surface area contributed by atoms with Crippen LogP contribution in [0, 0.1) is 0 Å². The number of carbonyl (C=O) groups excluding carboxylic acids is 1. The molecule has 3 N–H and O–H groups in total. The second-order valence-electron chi connectivity index (χ2n) is 4.29. The first-order chi connectivity index (χ1) is 8.63. The lowest BCUT2D eigenvalue weighted by molar-refractivity contribution is -0.138. The summed E-state index contributed by atoms with van der Waals surface area (Å²) in [7, 11) is 0. The Morgan fingerprint density at radius 2 is 2.11 bits per heavy atom. The Balaban J connectivity index is 1.81. The minimum absolute atomic E-state index is 0.0303. The zero-order valence-electron chi connectivity index (χ0n) is 9.85. The van der Waals surface area contributed by atoms with Crippen molar-refractivity contribution < 1.29 is 14.7 Å². The van der Waals surface area contributed by atoms with Crippen LogP contribution in [0.15, 0.2) is 18.3 Å². The topological polar surface area (TPSA) is 91.3 Å². The summed E-state index contributed by atoms with van der Waals surface area (Å²) in [4.78, 5) is 25.8. The van der Waals surface area contributed by atoms with E-state index in [1.54, 1.807) is 18.3 Å². The molecular weight excluding hydrogens is 234 g/mol. The van der Waals surface area contributed by atoms with Gasteiger partial charge < -0.3 is 15.7 Å². The number of nitrogens with zero attached hydrogens (tertiary/aromatic N) is 1. The molecule has 1 aliphatic rings. The number of aliphatic carboxylic acids is 1. The zero-order valence-corrected chi connectivity index (χ0v) is 9.85. The molecule has 0 spiro atoms. The number of carboxylic acids is 1. The molecule has 0 saturated heterocycles. The lowest BCUT2D eigenvalue weighted by Crippen LogP contribution is -2.13. The third-order valence-corrected chi connectivity index (χ3v) is 2.54. The molecule has 1 heterocycles. The average Bonchev–Trinajstić information content (AvgIpc) is 3.13. The molecule has 0 radical (unpaired) electrons. The van der Waals surface area contributed by atoms with Crippen LogP contribution in [0.2, 0.25) is 0 Å². The van der Waals surface area contributed by atoms with E-state index in [-0.39, 0.29) is 18.7 Å². The second-order valence-corrected chi connectivity index (χ2v) is 4.29. The number of carbonyl (C=O) groups is 2. The van der Waals surface area contributed by atoms with Crippen molar-refractivity contribution in [3.63, 3.8) is 0 Å². The minimum Gasteiger partial charge on any atom is -0.481 e. The van der Waals surface area contributed by atoms with Gasteiger partial charge in [0.05, 0.1) is 18.3 Å². The van der Waals surface area contributed by atoms with Crippen molar-refractivity contribution in [1.82, 2.24) is 4.98 Å². The largest absolute Gasteiger partial charge is 0.481 e. The highest BCUT2D eigenvalue weighted by atomic mass is 16.4. The molecule has 6 heteroatoms. The van der Waals surface area contributed by atoms with E-state index in [0.717, 1.165) is 5.82 Å². The van der Waals surface area contributed by atoms with E-state index in [0.29, 0.717) is 11.7 Å². The summed E-state index contributed by atoms with van der Waals surface area (Å²) in [5, 5.41) is 14.3. The van der Waals surface area contributed by atoms with Crippen LogP contribution >= 0.6 is 0 Å². The Bertz CT molecular complexity index is 440. The van der Waals surface area contributed by atoms with E-state index < -0.39 is 5.97 Å². The van der Waals surface area contributed by atoms with E-state index in [4.69, 9.17) is 5.11 Å². The van der Waals surface area contributed by atoms with Crippen LogP contribution in [0.1, 0.15) is 25.7 Å². The Morgan fingerprint density at radius 1 is 1.33 bits per heavy atom. The fourth-order valence-electron chi connectivity index (χ4n) is 1.43. The molecule has 18 heavy (non-hydrogen) atoms. The molecule has 0 unspecified atom stereocenters. The summed E-state index contributed by atoms with van der Waals surface area (Å²) in [6.45, 7) is 0. The summed E-state index contributed by atoms with van der Waals surface area (Å²) >= 11 is 0. The highest BCUT2D eigenvalue weighted by Crippen LogP contribution is 2.23. The zero-order chi connectivity index (χ0) is 13.0. The smallest absolute Gasteiger partial charge is 0.303 e. The lowest BCUT2D eigenvalue weighted by atomic mass is 10.3. The van der Waals surface area contributed by atoms with E-state index in [1.807, 2.05) is 0 Å². The maximum absolute atomic E-state index is 11.4. The van der Waals surface area contributed by atoms with E-state index in [2.05, 4.69) is 15.6 Å². The molecule has 2 rings (SSSR count). The van der Waals surface area contributed by atoms with Crippen LogP contribution in [0.5, 0.6) is 0 Å². The monoisotopic (exact) mass is 249 g/mol. The van der Waals surface area contributed by atoms with Crippen molar-refractivity contribution in [2.45, 2.75) is 31.7 Å². The molecule has 1 saturated carbocycles. The molecular formula is C12H15N3O3. The first-order valence-electron chi connectivity index (χ1n) is 5.88. The highest BCUT2D eigenvalue weighted by molar-refractivity contribution is 5.92.